The monoisotopic (exact) mass is 392 g/mol. The van der Waals surface area contributed by atoms with Crippen molar-refractivity contribution >= 4 is 28.3 Å². The molecule has 3 aromatic rings. The molecule has 28 heavy (non-hydrogen) atoms. The third kappa shape index (κ3) is 3.29. The maximum Gasteiger partial charge on any atom is 0.331 e. The van der Waals surface area contributed by atoms with Crippen molar-refractivity contribution in [1.82, 2.24) is 14.9 Å². The summed E-state index contributed by atoms with van der Waals surface area (Å²) in [6.45, 7) is 2.44. The number of carbonyl (C=O) groups is 1. The van der Waals surface area contributed by atoms with Crippen molar-refractivity contribution in [3.63, 3.8) is 0 Å². The van der Waals surface area contributed by atoms with Gasteiger partial charge >= 0.3 is 6.03 Å². The smallest absolute Gasteiger partial charge is 0.311 e. The Balaban J connectivity index is 1.76. The van der Waals surface area contributed by atoms with Crippen LogP contribution in [0, 0.1) is 0 Å². The number of carbonyl (C=O) groups excluding carboxylic acids is 1. The largest absolute Gasteiger partial charge is 0.331 e. The molecule has 142 valence electrons. The van der Waals surface area contributed by atoms with Gasteiger partial charge in [-0.2, -0.15) is 0 Å². The van der Waals surface area contributed by atoms with Crippen molar-refractivity contribution in [2.24, 2.45) is 0 Å². The zero-order chi connectivity index (χ0) is 19.7. The second-order valence-corrected chi connectivity index (χ2v) is 7.99. The summed E-state index contributed by atoms with van der Waals surface area (Å²) in [4.78, 5) is 26.4. The zero-order valence-electron chi connectivity index (χ0n) is 15.6. The number of nitrogens with zero attached hydrogens (tertiary/aromatic N) is 4. The van der Waals surface area contributed by atoms with E-state index in [4.69, 9.17) is 0 Å². The normalized spacial score (nSPS) is 15.9. The first-order valence-electron chi connectivity index (χ1n) is 8.95. The van der Waals surface area contributed by atoms with Gasteiger partial charge in [-0.15, -0.1) is 0 Å². The Labute approximate surface area is 166 Å². The van der Waals surface area contributed by atoms with Crippen LogP contribution in [-0.2, 0) is 17.3 Å². The number of urea groups is 1. The lowest BCUT2D eigenvalue weighted by molar-refractivity contribution is 0.179. The minimum Gasteiger partial charge on any atom is -0.311 e. The van der Waals surface area contributed by atoms with E-state index in [2.05, 4.69) is 9.97 Å². The van der Waals surface area contributed by atoms with Gasteiger partial charge in [-0.05, 0) is 49.4 Å². The van der Waals surface area contributed by atoms with Crippen LogP contribution in [0.3, 0.4) is 0 Å². The third-order valence-electron chi connectivity index (χ3n) is 4.87. The molecule has 1 aliphatic heterocycles. The summed E-state index contributed by atoms with van der Waals surface area (Å²) in [6.07, 6.45) is 5.05. The molecule has 1 aliphatic rings. The maximum atomic E-state index is 13.4. The SMILES string of the molecule is CC(c1ccccn1)N1Cc2cccnc2N(c2ccc(S(C)=O)cc2)C1=O. The standard InChI is InChI=1S/C21H20N4O2S/c1-15(19-7-3-4-12-22-19)24-14-16-6-5-13-23-20(16)25(21(24)26)17-8-10-18(11-9-17)28(2)27/h3-13,15H,14H2,1-2H3. The minimum atomic E-state index is -1.07. The van der Waals surface area contributed by atoms with Gasteiger partial charge in [0.1, 0.15) is 5.82 Å². The molecule has 3 heterocycles. The van der Waals surface area contributed by atoms with Crippen LogP contribution in [0.25, 0.3) is 0 Å². The molecule has 0 saturated heterocycles. The average molecular weight is 392 g/mol. The summed E-state index contributed by atoms with van der Waals surface area (Å²) >= 11 is 0. The molecule has 0 bridgehead atoms. The fourth-order valence-electron chi connectivity index (χ4n) is 3.33. The first kappa shape index (κ1) is 18.3. The van der Waals surface area contributed by atoms with Crippen LogP contribution < -0.4 is 4.90 Å². The molecule has 2 unspecified atom stereocenters. The molecule has 0 N–H and O–H groups in total. The van der Waals surface area contributed by atoms with Gasteiger partial charge in [0.25, 0.3) is 0 Å². The van der Waals surface area contributed by atoms with Crippen LogP contribution in [-0.4, -0.2) is 31.4 Å². The molecule has 0 spiro atoms. The van der Waals surface area contributed by atoms with Crippen LogP contribution in [0.15, 0.2) is 71.9 Å². The predicted octanol–water partition coefficient (Wildman–Crippen LogP) is 4.05. The molecule has 0 aliphatic carbocycles. The van der Waals surface area contributed by atoms with Gasteiger partial charge < -0.3 is 4.90 Å². The number of pyridine rings is 2. The van der Waals surface area contributed by atoms with E-state index in [9.17, 15) is 9.00 Å². The van der Waals surface area contributed by atoms with Gasteiger partial charge in [-0.25, -0.2) is 14.7 Å². The first-order valence-corrected chi connectivity index (χ1v) is 10.5. The van der Waals surface area contributed by atoms with E-state index in [1.54, 1.807) is 40.6 Å². The third-order valence-corrected chi connectivity index (χ3v) is 5.80. The number of fused-ring (bicyclic) bond motifs is 1. The van der Waals surface area contributed by atoms with E-state index in [-0.39, 0.29) is 12.1 Å². The molecule has 4 rings (SSSR count). The lowest BCUT2D eigenvalue weighted by Gasteiger charge is -2.39. The predicted molar refractivity (Wildman–Crippen MR) is 109 cm³/mol. The lowest BCUT2D eigenvalue weighted by atomic mass is 10.1. The van der Waals surface area contributed by atoms with E-state index < -0.39 is 10.8 Å². The van der Waals surface area contributed by atoms with Crippen LogP contribution >= 0.6 is 0 Å². The Morgan fingerprint density at radius 1 is 1.00 bits per heavy atom. The van der Waals surface area contributed by atoms with Gasteiger partial charge in [0.05, 0.1) is 24.0 Å². The molecule has 0 fully saturated rings. The molecule has 2 atom stereocenters. The maximum absolute atomic E-state index is 13.4. The molecule has 0 saturated carbocycles. The average Bonchev–Trinajstić information content (AvgIpc) is 2.73. The highest BCUT2D eigenvalue weighted by Gasteiger charge is 2.35. The molecule has 1 aromatic carbocycles. The van der Waals surface area contributed by atoms with E-state index in [0.717, 1.165) is 11.3 Å². The number of hydrogen-bond donors (Lipinski definition) is 0. The van der Waals surface area contributed by atoms with Crippen molar-refractivity contribution in [3.8, 4) is 0 Å². The van der Waals surface area contributed by atoms with Gasteiger partial charge in [-0.1, -0.05) is 12.1 Å². The van der Waals surface area contributed by atoms with Gasteiger partial charge in [0.2, 0.25) is 0 Å². The van der Waals surface area contributed by atoms with Gasteiger partial charge in [0, 0.05) is 39.9 Å². The second kappa shape index (κ2) is 7.52. The highest BCUT2D eigenvalue weighted by atomic mass is 32.2. The number of rotatable bonds is 4. The van der Waals surface area contributed by atoms with Crippen molar-refractivity contribution in [1.29, 1.82) is 0 Å². The Bertz CT molecular complexity index is 1020. The Kier molecular flexibility index (Phi) is 4.92. The lowest BCUT2D eigenvalue weighted by Crippen LogP contribution is -2.46. The van der Waals surface area contributed by atoms with Gasteiger partial charge in [-0.3, -0.25) is 9.19 Å². The second-order valence-electron chi connectivity index (χ2n) is 6.61. The fraction of sp³-hybridized carbons (Fsp3) is 0.190. The first-order chi connectivity index (χ1) is 13.6. The van der Waals surface area contributed by atoms with E-state index >= 15 is 0 Å². The molecule has 0 radical (unpaired) electrons. The van der Waals surface area contributed by atoms with Crippen LogP contribution in [0.2, 0.25) is 0 Å². The molecule has 2 aromatic heterocycles. The number of benzene rings is 1. The molecule has 2 amide bonds. The summed E-state index contributed by atoms with van der Waals surface area (Å²) in [5, 5.41) is 0. The van der Waals surface area contributed by atoms with Crippen molar-refractivity contribution in [2.45, 2.75) is 24.4 Å². The molecular formula is C21H20N4O2S. The van der Waals surface area contributed by atoms with Crippen molar-refractivity contribution in [2.75, 3.05) is 11.2 Å². The highest BCUT2D eigenvalue weighted by molar-refractivity contribution is 7.84. The number of hydrogen-bond acceptors (Lipinski definition) is 4. The fourth-order valence-corrected chi connectivity index (χ4v) is 3.85. The Morgan fingerprint density at radius 2 is 1.75 bits per heavy atom. The zero-order valence-corrected chi connectivity index (χ0v) is 16.5. The number of aromatic nitrogens is 2. The topological polar surface area (TPSA) is 66.4 Å². The molecule has 6 nitrogen and oxygen atoms in total. The summed E-state index contributed by atoms with van der Waals surface area (Å²) < 4.78 is 11.7. The molecule has 7 heteroatoms. The summed E-state index contributed by atoms with van der Waals surface area (Å²) in [7, 11) is -1.07. The summed E-state index contributed by atoms with van der Waals surface area (Å²) in [5.74, 6) is 0.627. The summed E-state index contributed by atoms with van der Waals surface area (Å²) in [6, 6.07) is 16.4. The quantitative estimate of drug-likeness (QED) is 0.672. The Morgan fingerprint density at radius 3 is 2.43 bits per heavy atom. The highest BCUT2D eigenvalue weighted by Crippen LogP contribution is 2.36. The van der Waals surface area contributed by atoms with Crippen LogP contribution in [0.5, 0.6) is 0 Å². The van der Waals surface area contributed by atoms with E-state index in [1.807, 2.05) is 49.4 Å². The van der Waals surface area contributed by atoms with Crippen molar-refractivity contribution < 1.29 is 9.00 Å². The van der Waals surface area contributed by atoms with Crippen molar-refractivity contribution in [3.05, 3.63) is 78.2 Å². The molecular weight excluding hydrogens is 372 g/mol. The number of amides is 2. The minimum absolute atomic E-state index is 0.158. The van der Waals surface area contributed by atoms with E-state index in [0.29, 0.717) is 22.9 Å². The van der Waals surface area contributed by atoms with Crippen LogP contribution in [0.4, 0.5) is 16.3 Å². The number of anilines is 2. The van der Waals surface area contributed by atoms with Crippen LogP contribution in [0.1, 0.15) is 24.2 Å². The van der Waals surface area contributed by atoms with E-state index in [1.165, 1.54) is 0 Å². The van der Waals surface area contributed by atoms with Gasteiger partial charge in [0.15, 0.2) is 0 Å². The Hall–Kier alpha value is -3.06. The summed E-state index contributed by atoms with van der Waals surface area (Å²) in [5.41, 5.74) is 2.49.